The van der Waals surface area contributed by atoms with Gasteiger partial charge in [-0.05, 0) is 44.2 Å². The van der Waals surface area contributed by atoms with Gasteiger partial charge < -0.3 is 15.0 Å². The summed E-state index contributed by atoms with van der Waals surface area (Å²) in [6.45, 7) is 6.07. The predicted molar refractivity (Wildman–Crippen MR) is 116 cm³/mol. The van der Waals surface area contributed by atoms with Crippen LogP contribution in [0.25, 0.3) is 0 Å². The van der Waals surface area contributed by atoms with Crippen LogP contribution in [-0.4, -0.2) is 56.3 Å². The molecule has 0 radical (unpaired) electrons. The molecule has 9 heteroatoms. The van der Waals surface area contributed by atoms with Crippen LogP contribution >= 0.6 is 11.6 Å². The van der Waals surface area contributed by atoms with E-state index in [4.69, 9.17) is 16.3 Å². The van der Waals surface area contributed by atoms with Crippen molar-refractivity contribution in [1.82, 2.24) is 24.6 Å². The molecule has 1 aromatic carbocycles. The highest BCUT2D eigenvalue weighted by Crippen LogP contribution is 2.23. The molecular weight excluding hydrogens is 404 g/mol. The molecule has 0 saturated heterocycles. The molecule has 0 saturated carbocycles. The van der Waals surface area contributed by atoms with Crippen molar-refractivity contribution in [2.45, 2.75) is 26.4 Å². The topological polar surface area (TPSA) is 85.2 Å². The third-order valence-electron chi connectivity index (χ3n) is 4.42. The second-order valence-electron chi connectivity index (χ2n) is 6.94. The average Bonchev–Trinajstić information content (AvgIpc) is 3.25. The van der Waals surface area contributed by atoms with Gasteiger partial charge in [-0.2, -0.15) is 5.10 Å². The van der Waals surface area contributed by atoms with Gasteiger partial charge in [-0.1, -0.05) is 11.6 Å². The standard InChI is InChI=1S/C21H25ClN6O2/c1-16(2)28(9-8-27-15-24-14-26-27)21(29)17-11-18(22)13-20(12-17)30-10-7-25-19-3-5-23-6-4-19/h3-6,11-16H,7-10H2,1-2H3,(H,23,25). The van der Waals surface area contributed by atoms with Gasteiger partial charge in [0, 0.05) is 47.8 Å². The number of hydrogen-bond donors (Lipinski definition) is 1. The van der Waals surface area contributed by atoms with Crippen molar-refractivity contribution in [1.29, 1.82) is 0 Å². The lowest BCUT2D eigenvalue weighted by Gasteiger charge is -2.27. The molecule has 0 bridgehead atoms. The minimum atomic E-state index is -0.104. The Morgan fingerprint density at radius 3 is 2.73 bits per heavy atom. The number of anilines is 1. The lowest BCUT2D eigenvalue weighted by Crippen LogP contribution is -2.39. The maximum atomic E-state index is 13.1. The van der Waals surface area contributed by atoms with Crippen molar-refractivity contribution in [3.63, 3.8) is 0 Å². The van der Waals surface area contributed by atoms with Crippen LogP contribution in [0.5, 0.6) is 5.75 Å². The molecule has 1 N–H and O–H groups in total. The monoisotopic (exact) mass is 428 g/mol. The molecule has 2 aromatic heterocycles. The number of nitrogens with one attached hydrogen (secondary N) is 1. The van der Waals surface area contributed by atoms with Crippen molar-refractivity contribution in [3.8, 4) is 5.75 Å². The number of rotatable bonds is 10. The molecule has 0 fully saturated rings. The molecular formula is C21H25ClN6O2. The maximum Gasteiger partial charge on any atom is 0.254 e. The number of ether oxygens (including phenoxy) is 1. The third-order valence-corrected chi connectivity index (χ3v) is 4.64. The van der Waals surface area contributed by atoms with E-state index in [1.807, 2.05) is 26.0 Å². The lowest BCUT2D eigenvalue weighted by molar-refractivity contribution is 0.0696. The van der Waals surface area contributed by atoms with Gasteiger partial charge in [0.1, 0.15) is 25.0 Å². The molecule has 30 heavy (non-hydrogen) atoms. The first-order valence-electron chi connectivity index (χ1n) is 9.73. The first-order valence-corrected chi connectivity index (χ1v) is 10.1. The largest absolute Gasteiger partial charge is 0.492 e. The van der Waals surface area contributed by atoms with Gasteiger partial charge in [-0.3, -0.25) is 14.5 Å². The van der Waals surface area contributed by atoms with E-state index in [0.29, 0.717) is 42.6 Å². The minimum absolute atomic E-state index is 0.0222. The normalized spacial score (nSPS) is 10.8. The number of carbonyl (C=O) groups is 1. The lowest BCUT2D eigenvalue weighted by atomic mass is 10.1. The molecule has 0 aliphatic rings. The van der Waals surface area contributed by atoms with E-state index in [2.05, 4.69) is 20.4 Å². The molecule has 0 aliphatic heterocycles. The maximum absolute atomic E-state index is 13.1. The van der Waals surface area contributed by atoms with Gasteiger partial charge in [-0.25, -0.2) is 4.98 Å². The molecule has 3 aromatic rings. The summed E-state index contributed by atoms with van der Waals surface area (Å²) in [6, 6.07) is 8.89. The van der Waals surface area contributed by atoms with E-state index in [0.717, 1.165) is 5.69 Å². The zero-order chi connectivity index (χ0) is 21.3. The van der Waals surface area contributed by atoms with Gasteiger partial charge in [0.15, 0.2) is 0 Å². The van der Waals surface area contributed by atoms with E-state index in [1.54, 1.807) is 46.5 Å². The number of hydrogen-bond acceptors (Lipinski definition) is 6. The second-order valence-corrected chi connectivity index (χ2v) is 7.37. The Labute approximate surface area is 180 Å². The molecule has 0 unspecified atom stereocenters. The number of nitrogens with zero attached hydrogens (tertiary/aromatic N) is 5. The fourth-order valence-electron chi connectivity index (χ4n) is 2.92. The number of benzene rings is 1. The minimum Gasteiger partial charge on any atom is -0.492 e. The number of aromatic nitrogens is 4. The Morgan fingerprint density at radius 2 is 2.03 bits per heavy atom. The number of halogens is 1. The first kappa shape index (κ1) is 21.6. The van der Waals surface area contributed by atoms with Crippen LogP contribution in [0.3, 0.4) is 0 Å². The van der Waals surface area contributed by atoms with E-state index in [9.17, 15) is 4.79 Å². The highest BCUT2D eigenvalue weighted by molar-refractivity contribution is 6.31. The van der Waals surface area contributed by atoms with E-state index in [-0.39, 0.29) is 11.9 Å². The molecule has 1 amide bonds. The second kappa shape index (κ2) is 10.6. The zero-order valence-electron chi connectivity index (χ0n) is 17.0. The third kappa shape index (κ3) is 6.18. The molecule has 8 nitrogen and oxygen atoms in total. The summed E-state index contributed by atoms with van der Waals surface area (Å²) >= 11 is 6.25. The molecule has 0 spiro atoms. The van der Waals surface area contributed by atoms with Crippen molar-refractivity contribution in [2.75, 3.05) is 25.0 Å². The number of pyridine rings is 1. The van der Waals surface area contributed by atoms with Crippen LogP contribution in [0.15, 0.2) is 55.4 Å². The SMILES string of the molecule is CC(C)N(CCn1cncn1)C(=O)c1cc(Cl)cc(OCCNc2ccncc2)c1. The van der Waals surface area contributed by atoms with Crippen molar-refractivity contribution in [2.24, 2.45) is 0 Å². The summed E-state index contributed by atoms with van der Waals surface area (Å²) in [5, 5.41) is 7.79. The van der Waals surface area contributed by atoms with Crippen LogP contribution in [0.1, 0.15) is 24.2 Å². The van der Waals surface area contributed by atoms with Crippen LogP contribution in [0, 0.1) is 0 Å². The Balaban J connectivity index is 1.61. The van der Waals surface area contributed by atoms with Gasteiger partial charge in [0.2, 0.25) is 0 Å². The van der Waals surface area contributed by atoms with E-state index < -0.39 is 0 Å². The zero-order valence-corrected chi connectivity index (χ0v) is 17.8. The summed E-state index contributed by atoms with van der Waals surface area (Å²) in [5.41, 5.74) is 1.46. The smallest absolute Gasteiger partial charge is 0.254 e. The van der Waals surface area contributed by atoms with Crippen LogP contribution in [0.2, 0.25) is 5.02 Å². The Hall–Kier alpha value is -3.13. The Morgan fingerprint density at radius 1 is 1.23 bits per heavy atom. The van der Waals surface area contributed by atoms with Crippen LogP contribution in [0.4, 0.5) is 5.69 Å². The van der Waals surface area contributed by atoms with E-state index in [1.165, 1.54) is 6.33 Å². The van der Waals surface area contributed by atoms with Crippen LogP contribution < -0.4 is 10.1 Å². The van der Waals surface area contributed by atoms with Crippen molar-refractivity contribution in [3.05, 3.63) is 66.0 Å². The molecule has 0 atom stereocenters. The number of amides is 1. The van der Waals surface area contributed by atoms with Gasteiger partial charge in [0.05, 0.1) is 6.54 Å². The first-order chi connectivity index (χ1) is 14.5. The highest BCUT2D eigenvalue weighted by atomic mass is 35.5. The Bertz CT molecular complexity index is 934. The summed E-state index contributed by atoms with van der Waals surface area (Å²) in [4.78, 5) is 22.8. The van der Waals surface area contributed by atoms with Crippen LogP contribution in [-0.2, 0) is 6.54 Å². The van der Waals surface area contributed by atoms with Gasteiger partial charge in [0.25, 0.3) is 5.91 Å². The van der Waals surface area contributed by atoms with Gasteiger partial charge >= 0.3 is 0 Å². The summed E-state index contributed by atoms with van der Waals surface area (Å²) in [6.07, 6.45) is 6.56. The molecule has 0 aliphatic carbocycles. The number of carbonyl (C=O) groups excluding carboxylic acids is 1. The molecule has 158 valence electrons. The fraction of sp³-hybridized carbons (Fsp3) is 0.333. The Kier molecular flexibility index (Phi) is 7.62. The predicted octanol–water partition coefficient (Wildman–Crippen LogP) is 3.37. The van der Waals surface area contributed by atoms with Gasteiger partial charge in [-0.15, -0.1) is 0 Å². The van der Waals surface area contributed by atoms with Crippen molar-refractivity contribution < 1.29 is 9.53 Å². The van der Waals surface area contributed by atoms with Crippen molar-refractivity contribution >= 4 is 23.2 Å². The molecule has 3 rings (SSSR count). The fourth-order valence-corrected chi connectivity index (χ4v) is 3.15. The summed E-state index contributed by atoms with van der Waals surface area (Å²) < 4.78 is 7.50. The quantitative estimate of drug-likeness (QED) is 0.498. The summed E-state index contributed by atoms with van der Waals surface area (Å²) in [5.74, 6) is 0.453. The molecule has 2 heterocycles. The summed E-state index contributed by atoms with van der Waals surface area (Å²) in [7, 11) is 0. The highest BCUT2D eigenvalue weighted by Gasteiger charge is 2.20. The average molecular weight is 429 g/mol. The van der Waals surface area contributed by atoms with E-state index >= 15 is 0 Å².